The number of nitrogen functional groups attached to an aromatic ring is 1. The van der Waals surface area contributed by atoms with E-state index in [-0.39, 0.29) is 6.61 Å². The maximum absolute atomic E-state index is 9.19. The molecule has 0 atom stereocenters. The molecule has 124 valence electrons. The number of aromatic nitrogens is 3. The molecule has 0 unspecified atom stereocenters. The molecule has 1 aromatic carbocycles. The number of rotatable bonds is 6. The Morgan fingerprint density at radius 3 is 2.83 bits per heavy atom. The number of pyridine rings is 1. The molecule has 3 rings (SSSR count). The molecule has 24 heavy (non-hydrogen) atoms. The predicted molar refractivity (Wildman–Crippen MR) is 96.4 cm³/mol. The third kappa shape index (κ3) is 3.07. The van der Waals surface area contributed by atoms with Crippen molar-refractivity contribution in [2.75, 3.05) is 35.6 Å². The van der Waals surface area contributed by atoms with Gasteiger partial charge in [-0.25, -0.2) is 9.97 Å². The van der Waals surface area contributed by atoms with Crippen molar-refractivity contribution < 1.29 is 5.11 Å². The van der Waals surface area contributed by atoms with Crippen molar-refractivity contribution in [3.63, 3.8) is 0 Å². The summed E-state index contributed by atoms with van der Waals surface area (Å²) in [5.74, 6) is 1.15. The Bertz CT molecular complexity index is 833. The lowest BCUT2D eigenvalue weighted by atomic mass is 10.2. The maximum Gasteiger partial charge on any atom is 0.159 e. The van der Waals surface area contributed by atoms with Crippen LogP contribution >= 0.6 is 0 Å². The van der Waals surface area contributed by atoms with E-state index in [9.17, 15) is 5.11 Å². The molecule has 7 heteroatoms. The van der Waals surface area contributed by atoms with E-state index in [1.807, 2.05) is 42.2 Å². The summed E-state index contributed by atoms with van der Waals surface area (Å²) < 4.78 is 0. The summed E-state index contributed by atoms with van der Waals surface area (Å²) in [7, 11) is 0. The van der Waals surface area contributed by atoms with Gasteiger partial charge in [0, 0.05) is 30.4 Å². The molecule has 7 nitrogen and oxygen atoms in total. The van der Waals surface area contributed by atoms with E-state index in [0.29, 0.717) is 30.4 Å². The predicted octanol–water partition coefficient (Wildman–Crippen LogP) is 2.17. The first kappa shape index (κ1) is 15.9. The monoisotopic (exact) mass is 324 g/mol. The van der Waals surface area contributed by atoms with Gasteiger partial charge in [-0.1, -0.05) is 6.07 Å². The Balaban J connectivity index is 1.98. The van der Waals surface area contributed by atoms with Crippen LogP contribution in [0.15, 0.2) is 42.9 Å². The van der Waals surface area contributed by atoms with Crippen LogP contribution in [0, 0.1) is 0 Å². The average Bonchev–Trinajstić information content (AvgIpc) is 2.62. The lowest BCUT2D eigenvalue weighted by molar-refractivity contribution is 0.302. The number of benzene rings is 1. The van der Waals surface area contributed by atoms with Crippen molar-refractivity contribution in [2.24, 2.45) is 0 Å². The Kier molecular flexibility index (Phi) is 4.72. The van der Waals surface area contributed by atoms with E-state index < -0.39 is 0 Å². The van der Waals surface area contributed by atoms with E-state index in [1.54, 1.807) is 6.20 Å². The number of hydrogen-bond donors (Lipinski definition) is 3. The van der Waals surface area contributed by atoms with Crippen LogP contribution < -0.4 is 16.0 Å². The standard InChI is InChI=1S/C17H20N6O/c1-2-23(9-10-24)17-15(18)16(20-11-21-17)22-14-7-3-6-13-12(14)5-4-8-19-13/h3-8,11,24H,2,9-10,18H2,1H3,(H,20,21,22). The van der Waals surface area contributed by atoms with E-state index in [1.165, 1.54) is 6.33 Å². The van der Waals surface area contributed by atoms with Gasteiger partial charge in [0.25, 0.3) is 0 Å². The summed E-state index contributed by atoms with van der Waals surface area (Å²) in [4.78, 5) is 14.8. The molecule has 0 aliphatic heterocycles. The van der Waals surface area contributed by atoms with Gasteiger partial charge in [-0.15, -0.1) is 0 Å². The van der Waals surface area contributed by atoms with E-state index in [4.69, 9.17) is 5.73 Å². The molecular formula is C17H20N6O. The van der Waals surface area contributed by atoms with Gasteiger partial charge < -0.3 is 21.1 Å². The Hall–Kier alpha value is -2.93. The first-order valence-electron chi connectivity index (χ1n) is 7.81. The zero-order chi connectivity index (χ0) is 16.9. The molecule has 0 aliphatic rings. The van der Waals surface area contributed by atoms with E-state index >= 15 is 0 Å². The molecule has 4 N–H and O–H groups in total. The molecule has 0 bridgehead atoms. The number of aliphatic hydroxyl groups excluding tert-OH is 1. The quantitative estimate of drug-likeness (QED) is 0.639. The average molecular weight is 324 g/mol. The van der Waals surface area contributed by atoms with Crippen molar-refractivity contribution in [2.45, 2.75) is 6.92 Å². The highest BCUT2D eigenvalue weighted by atomic mass is 16.3. The first-order valence-corrected chi connectivity index (χ1v) is 7.81. The second-order valence-electron chi connectivity index (χ2n) is 5.26. The highest BCUT2D eigenvalue weighted by Gasteiger charge is 2.14. The van der Waals surface area contributed by atoms with Crippen LogP contribution in [0.1, 0.15) is 6.92 Å². The number of nitrogens with two attached hydrogens (primary N) is 1. The summed E-state index contributed by atoms with van der Waals surface area (Å²) in [6, 6.07) is 9.72. The SMILES string of the molecule is CCN(CCO)c1ncnc(Nc2cccc3ncccc23)c1N. The van der Waals surface area contributed by atoms with Crippen molar-refractivity contribution in [3.8, 4) is 0 Å². The maximum atomic E-state index is 9.19. The Morgan fingerprint density at radius 2 is 2.04 bits per heavy atom. The summed E-state index contributed by atoms with van der Waals surface area (Å²) in [6.45, 7) is 3.18. The van der Waals surface area contributed by atoms with E-state index in [0.717, 1.165) is 16.6 Å². The molecule has 0 saturated carbocycles. The molecule has 2 aromatic heterocycles. The van der Waals surface area contributed by atoms with Gasteiger partial charge in [0.2, 0.25) is 0 Å². The summed E-state index contributed by atoms with van der Waals surface area (Å²) in [5, 5.41) is 13.5. The molecular weight excluding hydrogens is 304 g/mol. The number of aliphatic hydroxyl groups is 1. The van der Waals surface area contributed by atoms with Gasteiger partial charge in [-0.2, -0.15) is 0 Å². The minimum Gasteiger partial charge on any atom is -0.395 e. The highest BCUT2D eigenvalue weighted by Crippen LogP contribution is 2.30. The Morgan fingerprint density at radius 1 is 1.17 bits per heavy atom. The van der Waals surface area contributed by atoms with Crippen molar-refractivity contribution in [1.82, 2.24) is 15.0 Å². The molecule has 2 heterocycles. The van der Waals surface area contributed by atoms with Crippen molar-refractivity contribution in [1.29, 1.82) is 0 Å². The van der Waals surface area contributed by atoms with Crippen LogP contribution in [-0.2, 0) is 0 Å². The number of likely N-dealkylation sites (N-methyl/N-ethyl adjacent to an activating group) is 1. The second-order valence-corrected chi connectivity index (χ2v) is 5.26. The first-order chi connectivity index (χ1) is 11.7. The van der Waals surface area contributed by atoms with Crippen molar-refractivity contribution in [3.05, 3.63) is 42.9 Å². The largest absolute Gasteiger partial charge is 0.395 e. The molecule has 0 spiro atoms. The molecule has 0 saturated heterocycles. The lowest BCUT2D eigenvalue weighted by Gasteiger charge is -2.23. The second kappa shape index (κ2) is 7.10. The molecule has 0 radical (unpaired) electrons. The van der Waals surface area contributed by atoms with Gasteiger partial charge in [-0.05, 0) is 31.2 Å². The van der Waals surface area contributed by atoms with Crippen LogP contribution in [0.2, 0.25) is 0 Å². The zero-order valence-electron chi connectivity index (χ0n) is 13.5. The third-order valence-electron chi connectivity index (χ3n) is 3.81. The van der Waals surface area contributed by atoms with Gasteiger partial charge >= 0.3 is 0 Å². The number of nitrogens with zero attached hydrogens (tertiary/aromatic N) is 4. The molecule has 0 fully saturated rings. The Labute approximate surface area is 140 Å². The normalized spacial score (nSPS) is 10.8. The van der Waals surface area contributed by atoms with Gasteiger partial charge in [0.05, 0.1) is 12.1 Å². The van der Waals surface area contributed by atoms with Gasteiger partial charge in [0.1, 0.15) is 12.0 Å². The summed E-state index contributed by atoms with van der Waals surface area (Å²) >= 11 is 0. The minimum atomic E-state index is 0.0367. The number of nitrogens with one attached hydrogen (secondary N) is 1. The third-order valence-corrected chi connectivity index (χ3v) is 3.81. The lowest BCUT2D eigenvalue weighted by Crippen LogP contribution is -2.28. The van der Waals surface area contributed by atoms with Gasteiger partial charge in [0.15, 0.2) is 11.6 Å². The van der Waals surface area contributed by atoms with Crippen LogP contribution in [0.5, 0.6) is 0 Å². The smallest absolute Gasteiger partial charge is 0.159 e. The van der Waals surface area contributed by atoms with Crippen LogP contribution in [0.4, 0.5) is 23.0 Å². The fourth-order valence-electron chi connectivity index (χ4n) is 2.61. The molecule has 0 amide bonds. The highest BCUT2D eigenvalue weighted by molar-refractivity contribution is 5.94. The number of fused-ring (bicyclic) bond motifs is 1. The van der Waals surface area contributed by atoms with Crippen LogP contribution in [-0.4, -0.2) is 39.8 Å². The van der Waals surface area contributed by atoms with Crippen LogP contribution in [0.3, 0.4) is 0 Å². The fourth-order valence-corrected chi connectivity index (χ4v) is 2.61. The van der Waals surface area contributed by atoms with E-state index in [2.05, 4.69) is 20.3 Å². The number of hydrogen-bond acceptors (Lipinski definition) is 7. The van der Waals surface area contributed by atoms with Gasteiger partial charge in [-0.3, -0.25) is 4.98 Å². The zero-order valence-corrected chi connectivity index (χ0v) is 13.5. The van der Waals surface area contributed by atoms with Crippen LogP contribution in [0.25, 0.3) is 10.9 Å². The number of anilines is 4. The molecule has 3 aromatic rings. The molecule has 0 aliphatic carbocycles. The fraction of sp³-hybridized carbons (Fsp3) is 0.235. The minimum absolute atomic E-state index is 0.0367. The summed E-state index contributed by atoms with van der Waals surface area (Å²) in [6.07, 6.45) is 3.23. The van der Waals surface area contributed by atoms with Crippen molar-refractivity contribution >= 4 is 33.9 Å². The topological polar surface area (TPSA) is 100 Å². The summed E-state index contributed by atoms with van der Waals surface area (Å²) in [5.41, 5.74) is 8.48.